The third-order valence-corrected chi connectivity index (χ3v) is 2.34. The summed E-state index contributed by atoms with van der Waals surface area (Å²) in [6.07, 6.45) is 6.44. The van der Waals surface area contributed by atoms with Gasteiger partial charge in [-0.3, -0.25) is 0 Å². The molecule has 0 aliphatic heterocycles. The molecule has 2 amide bonds. The van der Waals surface area contributed by atoms with E-state index in [1.807, 2.05) is 0 Å². The molecule has 2 N–H and O–H groups in total. The van der Waals surface area contributed by atoms with E-state index in [9.17, 15) is 4.79 Å². The molecule has 0 aliphatic carbocycles. The molecule has 0 rings (SSSR count). The van der Waals surface area contributed by atoms with Crippen molar-refractivity contribution in [3.8, 4) is 0 Å². The second kappa shape index (κ2) is 11.4. The summed E-state index contributed by atoms with van der Waals surface area (Å²) in [6.45, 7) is 3.64. The molecule has 0 fully saturated rings. The van der Waals surface area contributed by atoms with Crippen LogP contribution in [0.15, 0.2) is 0 Å². The summed E-state index contributed by atoms with van der Waals surface area (Å²) in [7, 11) is 0. The van der Waals surface area contributed by atoms with Crippen LogP contribution in [0.3, 0.4) is 0 Å². The van der Waals surface area contributed by atoms with Gasteiger partial charge >= 0.3 is 6.03 Å². The van der Waals surface area contributed by atoms with Crippen molar-refractivity contribution < 1.29 is 4.79 Å². The van der Waals surface area contributed by atoms with E-state index in [-0.39, 0.29) is 6.03 Å². The number of carbonyl (C=O) groups excluding carboxylic acids is 1. The zero-order chi connectivity index (χ0) is 11.4. The van der Waals surface area contributed by atoms with Crippen LogP contribution < -0.4 is 10.6 Å². The van der Waals surface area contributed by atoms with Crippen LogP contribution in [0.5, 0.6) is 0 Å². The van der Waals surface area contributed by atoms with E-state index in [0.29, 0.717) is 0 Å². The van der Waals surface area contributed by atoms with Crippen LogP contribution in [0.1, 0.15) is 45.4 Å². The summed E-state index contributed by atoms with van der Waals surface area (Å²) in [5.41, 5.74) is 0. The van der Waals surface area contributed by atoms with Gasteiger partial charge in [0.05, 0.1) is 0 Å². The van der Waals surface area contributed by atoms with Gasteiger partial charge in [-0.1, -0.05) is 32.0 Å². The minimum absolute atomic E-state index is 0.0433. The lowest BCUT2D eigenvalue weighted by Crippen LogP contribution is -2.36. The summed E-state index contributed by atoms with van der Waals surface area (Å²) in [6, 6.07) is -0.0433. The SMILES string of the molecule is CCCCNC(=O)NCCCCCC=S. The number of amides is 2. The van der Waals surface area contributed by atoms with E-state index in [4.69, 9.17) is 12.2 Å². The number of hydrogen-bond acceptors (Lipinski definition) is 2. The predicted octanol–water partition coefficient (Wildman–Crippen LogP) is 2.65. The highest BCUT2D eigenvalue weighted by Crippen LogP contribution is 1.96. The van der Waals surface area contributed by atoms with Crippen molar-refractivity contribution in [2.45, 2.75) is 45.4 Å². The molecule has 0 saturated carbocycles. The maximum Gasteiger partial charge on any atom is 0.314 e. The third kappa shape index (κ3) is 11.3. The van der Waals surface area contributed by atoms with E-state index >= 15 is 0 Å². The van der Waals surface area contributed by atoms with Gasteiger partial charge in [-0.05, 0) is 31.1 Å². The minimum Gasteiger partial charge on any atom is -0.338 e. The summed E-state index contributed by atoms with van der Waals surface area (Å²) in [4.78, 5) is 11.2. The molecular weight excluding hydrogens is 208 g/mol. The number of hydrogen-bond donors (Lipinski definition) is 2. The molecule has 0 aromatic heterocycles. The van der Waals surface area contributed by atoms with E-state index in [0.717, 1.165) is 51.6 Å². The number of rotatable bonds is 9. The van der Waals surface area contributed by atoms with E-state index in [1.165, 1.54) is 0 Å². The molecule has 88 valence electrons. The lowest BCUT2D eigenvalue weighted by molar-refractivity contribution is 0.240. The first-order valence-electron chi connectivity index (χ1n) is 5.76. The molecule has 4 heteroatoms. The van der Waals surface area contributed by atoms with Crippen molar-refractivity contribution in [3.05, 3.63) is 0 Å². The number of nitrogens with one attached hydrogen (secondary N) is 2. The molecule has 0 saturated heterocycles. The Morgan fingerprint density at radius 3 is 2.40 bits per heavy atom. The fraction of sp³-hybridized carbons (Fsp3) is 0.818. The summed E-state index contributed by atoms with van der Waals surface area (Å²) in [5, 5.41) is 7.41. The second-order valence-corrected chi connectivity index (χ2v) is 3.89. The van der Waals surface area contributed by atoms with Gasteiger partial charge < -0.3 is 10.6 Å². The average molecular weight is 230 g/mol. The average Bonchev–Trinajstić information content (AvgIpc) is 2.23. The van der Waals surface area contributed by atoms with Gasteiger partial charge in [0.1, 0.15) is 0 Å². The zero-order valence-electron chi connectivity index (χ0n) is 9.55. The minimum atomic E-state index is -0.0433. The van der Waals surface area contributed by atoms with Gasteiger partial charge in [-0.2, -0.15) is 0 Å². The van der Waals surface area contributed by atoms with Crippen LogP contribution >= 0.6 is 12.2 Å². The Labute approximate surface area is 98.0 Å². The molecule has 3 nitrogen and oxygen atoms in total. The van der Waals surface area contributed by atoms with E-state index < -0.39 is 0 Å². The number of unbranched alkanes of at least 4 members (excludes halogenated alkanes) is 4. The van der Waals surface area contributed by atoms with Crippen LogP contribution in [0.4, 0.5) is 4.79 Å². The van der Waals surface area contributed by atoms with Gasteiger partial charge in [-0.25, -0.2) is 4.79 Å². The maximum atomic E-state index is 11.2. The molecule has 0 aromatic rings. The molecule has 0 radical (unpaired) electrons. The highest BCUT2D eigenvalue weighted by Gasteiger charge is 1.96. The van der Waals surface area contributed by atoms with Crippen LogP contribution in [0, 0.1) is 0 Å². The summed E-state index contributed by atoms with van der Waals surface area (Å²) >= 11 is 4.73. The molecule has 0 bridgehead atoms. The van der Waals surface area contributed by atoms with Crippen molar-refractivity contribution >= 4 is 23.6 Å². The Bertz CT molecular complexity index is 174. The van der Waals surface area contributed by atoms with Gasteiger partial charge in [0.2, 0.25) is 0 Å². The number of urea groups is 1. The normalized spacial score (nSPS) is 9.67. The molecule has 0 atom stereocenters. The van der Waals surface area contributed by atoms with Crippen molar-refractivity contribution in [1.29, 1.82) is 0 Å². The van der Waals surface area contributed by atoms with Crippen molar-refractivity contribution in [1.82, 2.24) is 10.6 Å². The lowest BCUT2D eigenvalue weighted by Gasteiger charge is -2.06. The van der Waals surface area contributed by atoms with Crippen LogP contribution in [0.2, 0.25) is 0 Å². The van der Waals surface area contributed by atoms with Crippen LogP contribution in [-0.4, -0.2) is 24.5 Å². The first kappa shape index (κ1) is 14.4. The Kier molecular flexibility index (Phi) is 10.9. The standard InChI is InChI=1S/C11H22N2OS/c1-2-3-8-12-11(14)13-9-6-4-5-7-10-15/h10H,2-9H2,1H3,(H2,12,13,14). The quantitative estimate of drug-likeness (QED) is 0.472. The van der Waals surface area contributed by atoms with Crippen LogP contribution in [-0.2, 0) is 0 Å². The molecular formula is C11H22N2OS. The van der Waals surface area contributed by atoms with Gasteiger partial charge in [0.15, 0.2) is 0 Å². The first-order chi connectivity index (χ1) is 7.31. The Hall–Kier alpha value is -0.640. The van der Waals surface area contributed by atoms with Gasteiger partial charge in [-0.15, -0.1) is 0 Å². The number of carbonyl (C=O) groups is 1. The topological polar surface area (TPSA) is 41.1 Å². The van der Waals surface area contributed by atoms with E-state index in [1.54, 1.807) is 5.37 Å². The highest BCUT2D eigenvalue weighted by molar-refractivity contribution is 7.78. The predicted molar refractivity (Wildman–Crippen MR) is 68.4 cm³/mol. The monoisotopic (exact) mass is 230 g/mol. The molecule has 0 aliphatic rings. The third-order valence-electron chi connectivity index (χ3n) is 2.10. The maximum absolute atomic E-state index is 11.2. The van der Waals surface area contributed by atoms with Gasteiger partial charge in [0.25, 0.3) is 0 Å². The smallest absolute Gasteiger partial charge is 0.314 e. The summed E-state index contributed by atoms with van der Waals surface area (Å²) < 4.78 is 0. The Morgan fingerprint density at radius 1 is 1.13 bits per heavy atom. The Morgan fingerprint density at radius 2 is 1.80 bits per heavy atom. The molecule has 0 unspecified atom stereocenters. The second-order valence-electron chi connectivity index (χ2n) is 3.55. The van der Waals surface area contributed by atoms with Crippen LogP contribution in [0.25, 0.3) is 0 Å². The number of thiocarbonyl (C=S) groups is 1. The first-order valence-corrected chi connectivity index (χ1v) is 6.23. The van der Waals surface area contributed by atoms with Gasteiger partial charge in [0, 0.05) is 13.1 Å². The van der Waals surface area contributed by atoms with Crippen molar-refractivity contribution in [3.63, 3.8) is 0 Å². The Balaban J connectivity index is 3.13. The lowest BCUT2D eigenvalue weighted by atomic mass is 10.2. The zero-order valence-corrected chi connectivity index (χ0v) is 10.4. The molecule has 0 aromatic carbocycles. The fourth-order valence-corrected chi connectivity index (χ4v) is 1.34. The molecule has 15 heavy (non-hydrogen) atoms. The highest BCUT2D eigenvalue weighted by atomic mass is 32.1. The van der Waals surface area contributed by atoms with Crippen molar-refractivity contribution in [2.75, 3.05) is 13.1 Å². The summed E-state index contributed by atoms with van der Waals surface area (Å²) in [5.74, 6) is 0. The largest absolute Gasteiger partial charge is 0.338 e. The van der Waals surface area contributed by atoms with E-state index in [2.05, 4.69) is 17.6 Å². The molecule has 0 heterocycles. The molecule has 0 spiro atoms. The fourth-order valence-electron chi connectivity index (χ4n) is 1.17. The van der Waals surface area contributed by atoms with Crippen molar-refractivity contribution in [2.24, 2.45) is 0 Å².